The van der Waals surface area contributed by atoms with Crippen LogP contribution in [0, 0.1) is 11.3 Å². The van der Waals surface area contributed by atoms with Crippen molar-refractivity contribution in [3.8, 4) is 28.1 Å². The zero-order valence-corrected chi connectivity index (χ0v) is 11.0. The first-order valence-electron chi connectivity index (χ1n) is 5.45. The molecule has 0 saturated heterocycles. The number of benzene rings is 1. The van der Waals surface area contributed by atoms with E-state index in [-0.39, 0.29) is 0 Å². The lowest BCUT2D eigenvalue weighted by molar-refractivity contribution is 0.311. The standard InChI is InChI=1S/C13H12N2O2S/c1-3-17-12-6-9(4-5-11(12)16-2)13-15-10(7-14)8-18-13/h4-6,8H,3H2,1-2H3. The van der Waals surface area contributed by atoms with Crippen molar-refractivity contribution < 1.29 is 9.47 Å². The third kappa shape index (κ3) is 2.44. The van der Waals surface area contributed by atoms with Crippen molar-refractivity contribution in [3.63, 3.8) is 0 Å². The number of rotatable bonds is 4. The van der Waals surface area contributed by atoms with E-state index in [9.17, 15) is 0 Å². The quantitative estimate of drug-likeness (QED) is 0.847. The van der Waals surface area contributed by atoms with Crippen molar-refractivity contribution in [2.45, 2.75) is 6.92 Å². The van der Waals surface area contributed by atoms with Gasteiger partial charge in [0.15, 0.2) is 17.2 Å². The Labute approximate surface area is 109 Å². The predicted octanol–water partition coefficient (Wildman–Crippen LogP) is 3.09. The van der Waals surface area contributed by atoms with Crippen molar-refractivity contribution >= 4 is 11.3 Å². The van der Waals surface area contributed by atoms with Gasteiger partial charge in [-0.15, -0.1) is 11.3 Å². The fraction of sp³-hybridized carbons (Fsp3) is 0.231. The molecule has 0 unspecified atom stereocenters. The molecule has 0 aliphatic carbocycles. The van der Waals surface area contributed by atoms with Crippen LogP contribution in [0.1, 0.15) is 12.6 Å². The summed E-state index contributed by atoms with van der Waals surface area (Å²) in [5, 5.41) is 11.3. The minimum absolute atomic E-state index is 0.434. The van der Waals surface area contributed by atoms with Gasteiger partial charge in [-0.05, 0) is 25.1 Å². The van der Waals surface area contributed by atoms with E-state index >= 15 is 0 Å². The molecular formula is C13H12N2O2S. The normalized spacial score (nSPS) is 9.83. The summed E-state index contributed by atoms with van der Waals surface area (Å²) < 4.78 is 10.7. The number of hydrogen-bond acceptors (Lipinski definition) is 5. The SMILES string of the molecule is CCOc1cc(-c2nc(C#N)cs2)ccc1OC. The number of hydrogen-bond donors (Lipinski definition) is 0. The number of nitriles is 1. The first-order chi connectivity index (χ1) is 8.78. The van der Waals surface area contributed by atoms with E-state index in [1.165, 1.54) is 11.3 Å². The molecule has 1 aromatic heterocycles. The van der Waals surface area contributed by atoms with Gasteiger partial charge in [0.1, 0.15) is 11.1 Å². The summed E-state index contributed by atoms with van der Waals surface area (Å²) in [6, 6.07) is 7.65. The first-order valence-corrected chi connectivity index (χ1v) is 6.33. The summed E-state index contributed by atoms with van der Waals surface area (Å²) >= 11 is 1.44. The summed E-state index contributed by atoms with van der Waals surface area (Å²) in [5.74, 6) is 1.38. The van der Waals surface area contributed by atoms with Crippen molar-refractivity contribution in [1.29, 1.82) is 5.26 Å². The monoisotopic (exact) mass is 260 g/mol. The summed E-state index contributed by atoms with van der Waals surface area (Å²) in [4.78, 5) is 4.22. The van der Waals surface area contributed by atoms with E-state index in [0.29, 0.717) is 23.8 Å². The number of nitrogens with zero attached hydrogens (tertiary/aromatic N) is 2. The number of thiazole rings is 1. The van der Waals surface area contributed by atoms with E-state index in [0.717, 1.165) is 10.6 Å². The Bertz CT molecular complexity index is 587. The maximum Gasteiger partial charge on any atom is 0.161 e. The Hall–Kier alpha value is -2.06. The van der Waals surface area contributed by atoms with E-state index < -0.39 is 0 Å². The van der Waals surface area contributed by atoms with E-state index in [2.05, 4.69) is 4.98 Å². The average Bonchev–Trinajstić information content (AvgIpc) is 2.88. The Kier molecular flexibility index (Phi) is 3.80. The van der Waals surface area contributed by atoms with Gasteiger partial charge in [0.25, 0.3) is 0 Å². The Morgan fingerprint density at radius 3 is 2.83 bits per heavy atom. The second kappa shape index (κ2) is 5.52. The van der Waals surface area contributed by atoms with Crippen LogP contribution in [0.25, 0.3) is 10.6 Å². The minimum Gasteiger partial charge on any atom is -0.493 e. The lowest BCUT2D eigenvalue weighted by Gasteiger charge is -2.09. The fourth-order valence-corrected chi connectivity index (χ4v) is 2.28. The molecule has 2 rings (SSSR count). The molecule has 0 saturated carbocycles. The van der Waals surface area contributed by atoms with E-state index in [1.807, 2.05) is 31.2 Å². The largest absolute Gasteiger partial charge is 0.493 e. The van der Waals surface area contributed by atoms with Gasteiger partial charge in [-0.3, -0.25) is 0 Å². The molecule has 0 bridgehead atoms. The molecule has 92 valence electrons. The van der Waals surface area contributed by atoms with E-state index in [1.54, 1.807) is 12.5 Å². The van der Waals surface area contributed by atoms with Crippen molar-refractivity contribution in [2.75, 3.05) is 13.7 Å². The third-order valence-corrected chi connectivity index (χ3v) is 3.22. The lowest BCUT2D eigenvalue weighted by Crippen LogP contribution is -1.95. The van der Waals surface area contributed by atoms with Gasteiger partial charge < -0.3 is 9.47 Å². The van der Waals surface area contributed by atoms with Crippen LogP contribution in [0.4, 0.5) is 0 Å². The van der Waals surface area contributed by atoms with Gasteiger partial charge in [0.05, 0.1) is 13.7 Å². The van der Waals surface area contributed by atoms with Gasteiger partial charge in [0.2, 0.25) is 0 Å². The van der Waals surface area contributed by atoms with Crippen LogP contribution >= 0.6 is 11.3 Å². The number of ether oxygens (including phenoxy) is 2. The van der Waals surface area contributed by atoms with Gasteiger partial charge in [-0.1, -0.05) is 0 Å². The maximum absolute atomic E-state index is 8.77. The van der Waals surface area contributed by atoms with Gasteiger partial charge in [0, 0.05) is 10.9 Å². The molecule has 1 heterocycles. The molecule has 0 N–H and O–H groups in total. The smallest absolute Gasteiger partial charge is 0.161 e. The molecule has 18 heavy (non-hydrogen) atoms. The zero-order valence-electron chi connectivity index (χ0n) is 10.1. The summed E-state index contributed by atoms with van der Waals surface area (Å²) in [5.41, 5.74) is 1.36. The van der Waals surface area contributed by atoms with Crippen molar-refractivity contribution in [1.82, 2.24) is 4.98 Å². The predicted molar refractivity (Wildman–Crippen MR) is 70.0 cm³/mol. The second-order valence-corrected chi connectivity index (χ2v) is 4.31. The van der Waals surface area contributed by atoms with Crippen LogP contribution < -0.4 is 9.47 Å². The molecule has 0 spiro atoms. The molecule has 0 fully saturated rings. The molecule has 2 aromatic rings. The number of aromatic nitrogens is 1. The average molecular weight is 260 g/mol. The molecule has 0 aliphatic rings. The van der Waals surface area contributed by atoms with Gasteiger partial charge in [-0.2, -0.15) is 5.26 Å². The van der Waals surface area contributed by atoms with Crippen molar-refractivity contribution in [3.05, 3.63) is 29.3 Å². The molecule has 4 nitrogen and oxygen atoms in total. The highest BCUT2D eigenvalue weighted by atomic mass is 32.1. The van der Waals surface area contributed by atoms with Crippen LogP contribution in [-0.4, -0.2) is 18.7 Å². The van der Waals surface area contributed by atoms with Crippen LogP contribution in [0.15, 0.2) is 23.6 Å². The van der Waals surface area contributed by atoms with Crippen LogP contribution in [0.5, 0.6) is 11.5 Å². The van der Waals surface area contributed by atoms with Crippen LogP contribution in [0.2, 0.25) is 0 Å². The summed E-state index contributed by atoms with van der Waals surface area (Å²) in [6.45, 7) is 2.49. The zero-order chi connectivity index (χ0) is 13.0. The Balaban J connectivity index is 2.40. The Morgan fingerprint density at radius 1 is 1.39 bits per heavy atom. The second-order valence-electron chi connectivity index (χ2n) is 3.45. The summed E-state index contributed by atoms with van der Waals surface area (Å²) in [7, 11) is 1.61. The van der Waals surface area contributed by atoms with E-state index in [4.69, 9.17) is 14.7 Å². The highest BCUT2D eigenvalue weighted by Gasteiger charge is 2.09. The fourth-order valence-electron chi connectivity index (χ4n) is 1.54. The molecule has 0 amide bonds. The molecule has 5 heteroatoms. The van der Waals surface area contributed by atoms with Crippen molar-refractivity contribution in [2.24, 2.45) is 0 Å². The first kappa shape index (κ1) is 12.4. The third-order valence-electron chi connectivity index (χ3n) is 2.33. The highest BCUT2D eigenvalue weighted by Crippen LogP contribution is 2.33. The van der Waals surface area contributed by atoms with Gasteiger partial charge >= 0.3 is 0 Å². The lowest BCUT2D eigenvalue weighted by atomic mass is 10.2. The van der Waals surface area contributed by atoms with Crippen LogP contribution in [-0.2, 0) is 0 Å². The Morgan fingerprint density at radius 2 is 2.22 bits per heavy atom. The number of methoxy groups -OCH3 is 1. The summed E-state index contributed by atoms with van der Waals surface area (Å²) in [6.07, 6.45) is 0. The topological polar surface area (TPSA) is 55.1 Å². The molecule has 1 aromatic carbocycles. The maximum atomic E-state index is 8.77. The minimum atomic E-state index is 0.434. The van der Waals surface area contributed by atoms with Crippen LogP contribution in [0.3, 0.4) is 0 Å². The molecule has 0 radical (unpaired) electrons. The molecule has 0 aliphatic heterocycles. The van der Waals surface area contributed by atoms with Gasteiger partial charge in [-0.25, -0.2) is 4.98 Å². The molecule has 0 atom stereocenters. The molecular weight excluding hydrogens is 248 g/mol. The highest BCUT2D eigenvalue weighted by molar-refractivity contribution is 7.13.